The van der Waals surface area contributed by atoms with E-state index < -0.39 is 30.7 Å². The molecule has 1 fully saturated rings. The Morgan fingerprint density at radius 2 is 1.78 bits per heavy atom. The molecule has 0 saturated carbocycles. The van der Waals surface area contributed by atoms with Crippen molar-refractivity contribution in [2.24, 2.45) is 0 Å². The van der Waals surface area contributed by atoms with Crippen LogP contribution in [-0.2, 0) is 36.5 Å². The van der Waals surface area contributed by atoms with E-state index in [1.54, 1.807) is 36.9 Å². The SMILES string of the molecule is CCOC(=O)OC1(OC(=O)OCC)Oc2ccc3c(c2O1)C[C@H](N1C[C@@H](c2cccc(Cl)c2)OC1=O)C3. The van der Waals surface area contributed by atoms with Gasteiger partial charge in [0.25, 0.3) is 0 Å². The Morgan fingerprint density at radius 1 is 1.05 bits per heavy atom. The number of cyclic esters (lactones) is 1. The lowest BCUT2D eigenvalue weighted by atomic mass is 10.1. The van der Waals surface area contributed by atoms with Crippen LogP contribution in [0.1, 0.15) is 36.6 Å². The molecule has 1 saturated heterocycles. The van der Waals surface area contributed by atoms with Crippen LogP contribution in [0.15, 0.2) is 36.4 Å². The lowest BCUT2D eigenvalue weighted by molar-refractivity contribution is -0.384. The van der Waals surface area contributed by atoms with Crippen molar-refractivity contribution in [3.63, 3.8) is 0 Å². The average Bonchev–Trinajstić information content (AvgIpc) is 3.53. The molecule has 0 bridgehead atoms. The number of nitrogens with zero attached hydrogens (tertiary/aromatic N) is 1. The molecule has 5 rings (SSSR count). The van der Waals surface area contributed by atoms with Gasteiger partial charge >= 0.3 is 24.6 Å². The van der Waals surface area contributed by atoms with Crippen LogP contribution >= 0.6 is 11.6 Å². The summed E-state index contributed by atoms with van der Waals surface area (Å²) in [5.41, 5.74) is 2.44. The number of benzene rings is 2. The summed E-state index contributed by atoms with van der Waals surface area (Å²) in [7, 11) is 0. The highest BCUT2D eigenvalue weighted by Crippen LogP contribution is 2.48. The number of hydrogen-bond acceptors (Lipinski definition) is 10. The summed E-state index contributed by atoms with van der Waals surface area (Å²) in [6.07, 6.45) is -4.81. The number of carbonyl (C=O) groups excluding carboxylic acids is 3. The Kier molecular flexibility index (Phi) is 6.63. The number of rotatable bonds is 6. The van der Waals surface area contributed by atoms with E-state index in [1.165, 1.54) is 0 Å². The lowest BCUT2D eigenvalue weighted by Crippen LogP contribution is -2.48. The van der Waals surface area contributed by atoms with E-state index >= 15 is 0 Å². The topological polar surface area (TPSA) is 119 Å². The number of ether oxygens (including phenoxy) is 7. The summed E-state index contributed by atoms with van der Waals surface area (Å²) in [5.74, 6) is 0.418. The van der Waals surface area contributed by atoms with Gasteiger partial charge in [0.1, 0.15) is 6.10 Å². The Balaban J connectivity index is 1.35. The lowest BCUT2D eigenvalue weighted by Gasteiger charge is -2.23. The summed E-state index contributed by atoms with van der Waals surface area (Å²) in [4.78, 5) is 38.5. The van der Waals surface area contributed by atoms with E-state index in [9.17, 15) is 14.4 Å². The second kappa shape index (κ2) is 9.89. The van der Waals surface area contributed by atoms with Gasteiger partial charge in [0.2, 0.25) is 0 Å². The molecule has 0 radical (unpaired) electrons. The third-order valence-electron chi connectivity index (χ3n) is 6.12. The molecule has 2 aromatic carbocycles. The summed E-state index contributed by atoms with van der Waals surface area (Å²) in [6.45, 7) is 3.55. The monoisotopic (exact) mass is 533 g/mol. The summed E-state index contributed by atoms with van der Waals surface area (Å²) < 4.78 is 36.8. The van der Waals surface area contributed by atoms with E-state index in [-0.39, 0.29) is 30.8 Å². The van der Waals surface area contributed by atoms with Gasteiger partial charge in [0, 0.05) is 16.6 Å². The van der Waals surface area contributed by atoms with Gasteiger partial charge in [-0.05, 0) is 56.0 Å². The fourth-order valence-corrected chi connectivity index (χ4v) is 4.78. The van der Waals surface area contributed by atoms with Crippen LogP contribution in [0.4, 0.5) is 14.4 Å². The van der Waals surface area contributed by atoms with Crippen LogP contribution in [-0.4, -0.2) is 55.3 Å². The number of amides is 1. The number of hydrogen-bond donors (Lipinski definition) is 0. The molecule has 3 aliphatic rings. The maximum atomic E-state index is 12.8. The van der Waals surface area contributed by atoms with Gasteiger partial charge in [-0.3, -0.25) is 0 Å². The van der Waals surface area contributed by atoms with E-state index in [2.05, 4.69) is 0 Å². The summed E-state index contributed by atoms with van der Waals surface area (Å²) >= 11 is 6.10. The zero-order chi connectivity index (χ0) is 26.2. The van der Waals surface area contributed by atoms with Gasteiger partial charge in [0.05, 0.1) is 19.8 Å². The second-order valence-electron chi connectivity index (χ2n) is 8.45. The molecular formula is C25H24ClNO10. The highest BCUT2D eigenvalue weighted by Gasteiger charge is 2.55. The average molecular weight is 534 g/mol. The van der Waals surface area contributed by atoms with Crippen molar-refractivity contribution in [3.8, 4) is 11.5 Å². The Labute approximate surface area is 217 Å². The van der Waals surface area contributed by atoms with E-state index in [0.717, 1.165) is 16.7 Å². The first-order valence-corrected chi connectivity index (χ1v) is 12.2. The van der Waals surface area contributed by atoms with E-state index in [4.69, 9.17) is 44.8 Å². The van der Waals surface area contributed by atoms with E-state index in [1.807, 2.05) is 18.2 Å². The van der Waals surface area contributed by atoms with Crippen molar-refractivity contribution in [2.45, 2.75) is 45.0 Å². The van der Waals surface area contributed by atoms with Crippen LogP contribution in [0.2, 0.25) is 5.02 Å². The molecular weight excluding hydrogens is 510 g/mol. The highest BCUT2D eigenvalue weighted by molar-refractivity contribution is 6.30. The van der Waals surface area contributed by atoms with Gasteiger partial charge < -0.3 is 38.1 Å². The maximum Gasteiger partial charge on any atom is 0.620 e. The molecule has 2 aliphatic heterocycles. The molecule has 12 heteroatoms. The fraction of sp³-hybridized carbons (Fsp3) is 0.400. The molecule has 196 valence electrons. The molecule has 0 N–H and O–H groups in total. The zero-order valence-corrected chi connectivity index (χ0v) is 20.8. The molecule has 2 atom stereocenters. The Hall–Kier alpha value is -3.86. The first kappa shape index (κ1) is 24.8. The van der Waals surface area contributed by atoms with Gasteiger partial charge in [-0.2, -0.15) is 0 Å². The van der Waals surface area contributed by atoms with E-state index in [0.29, 0.717) is 24.4 Å². The molecule has 2 heterocycles. The van der Waals surface area contributed by atoms with Crippen molar-refractivity contribution < 1.29 is 47.5 Å². The smallest absolute Gasteiger partial charge is 0.439 e. The minimum absolute atomic E-state index is 0.0143. The predicted molar refractivity (Wildman–Crippen MR) is 125 cm³/mol. The van der Waals surface area contributed by atoms with Gasteiger partial charge in [-0.15, -0.1) is 0 Å². The molecule has 11 nitrogen and oxygen atoms in total. The first-order valence-electron chi connectivity index (χ1n) is 11.8. The zero-order valence-electron chi connectivity index (χ0n) is 20.1. The van der Waals surface area contributed by atoms with Crippen molar-refractivity contribution in [3.05, 3.63) is 58.1 Å². The largest absolute Gasteiger partial charge is 0.620 e. The molecule has 37 heavy (non-hydrogen) atoms. The van der Waals surface area contributed by atoms with Crippen LogP contribution in [0.3, 0.4) is 0 Å². The van der Waals surface area contributed by atoms with Crippen molar-refractivity contribution in [1.29, 1.82) is 0 Å². The quantitative estimate of drug-likeness (QED) is 0.293. The first-order chi connectivity index (χ1) is 17.8. The predicted octanol–water partition coefficient (Wildman–Crippen LogP) is 4.73. The number of fused-ring (bicyclic) bond motifs is 3. The van der Waals surface area contributed by atoms with Gasteiger partial charge in [-0.25, -0.2) is 14.4 Å². The van der Waals surface area contributed by atoms with Crippen LogP contribution in [0, 0.1) is 0 Å². The minimum Gasteiger partial charge on any atom is -0.439 e. The third-order valence-corrected chi connectivity index (χ3v) is 6.36. The Morgan fingerprint density at radius 3 is 2.46 bits per heavy atom. The second-order valence-corrected chi connectivity index (χ2v) is 8.88. The number of carbonyl (C=O) groups is 3. The molecule has 1 amide bonds. The molecule has 0 unspecified atom stereocenters. The van der Waals surface area contributed by atoms with Gasteiger partial charge in [-0.1, -0.05) is 29.8 Å². The molecule has 0 aromatic heterocycles. The Bertz CT molecular complexity index is 1210. The van der Waals surface area contributed by atoms with Crippen LogP contribution < -0.4 is 9.47 Å². The van der Waals surface area contributed by atoms with Crippen molar-refractivity contribution >= 4 is 30.0 Å². The normalized spacial score (nSPS) is 20.7. The maximum absolute atomic E-state index is 12.8. The third kappa shape index (κ3) is 4.91. The molecule has 0 spiro atoms. The van der Waals surface area contributed by atoms with Crippen LogP contribution in [0.5, 0.6) is 11.5 Å². The minimum atomic E-state index is -2.56. The van der Waals surface area contributed by atoms with Crippen molar-refractivity contribution in [2.75, 3.05) is 19.8 Å². The van der Waals surface area contributed by atoms with Gasteiger partial charge in [0.15, 0.2) is 11.5 Å². The molecule has 2 aromatic rings. The van der Waals surface area contributed by atoms with Crippen molar-refractivity contribution in [1.82, 2.24) is 4.90 Å². The summed E-state index contributed by atoms with van der Waals surface area (Å²) in [6, 6.07) is 10.4. The number of halogens is 1. The summed E-state index contributed by atoms with van der Waals surface area (Å²) in [5, 5.41) is 0.562. The molecule has 1 aliphatic carbocycles. The standard InChI is InChI=1S/C25H24ClNO10/c1-3-31-23(29)36-25(37-24(30)32-4-2)34-19-9-8-14-11-17(12-18(14)21(19)35-25)27-13-20(33-22(27)28)15-6-5-7-16(26)10-15/h5-10,17,20H,3-4,11-13H2,1-2H3/t17-,20+/m1/s1. The van der Waals surface area contributed by atoms with Crippen LogP contribution in [0.25, 0.3) is 0 Å². The highest BCUT2D eigenvalue weighted by atomic mass is 35.5. The fourth-order valence-electron chi connectivity index (χ4n) is 4.58.